The average molecular weight is 143 g/mol. The minimum absolute atomic E-state index is 0.170. The fourth-order valence-corrected chi connectivity index (χ4v) is 0.859. The summed E-state index contributed by atoms with van der Waals surface area (Å²) in [5, 5.41) is 9.20. The molecular weight excluding hydrogens is 130 g/mol. The predicted molar refractivity (Wildman–Crippen MR) is 38.6 cm³/mol. The molecule has 0 radical (unpaired) electrons. The van der Waals surface area contributed by atoms with Gasteiger partial charge in [0.25, 0.3) is 0 Å². The van der Waals surface area contributed by atoms with Gasteiger partial charge >= 0.3 is 0 Å². The van der Waals surface area contributed by atoms with E-state index in [0.717, 1.165) is 6.42 Å². The standard InChI is InChI=1S/C7H13NO2/c8-6-3-1-2-4-10-5-7(6)9/h1-2,6-7,9H,3-5,8H2/b2-1-. The largest absolute Gasteiger partial charge is 0.389 e. The summed E-state index contributed by atoms with van der Waals surface area (Å²) in [4.78, 5) is 0. The van der Waals surface area contributed by atoms with Crippen molar-refractivity contribution < 1.29 is 9.84 Å². The molecule has 2 unspecified atom stereocenters. The van der Waals surface area contributed by atoms with E-state index in [0.29, 0.717) is 13.2 Å². The topological polar surface area (TPSA) is 55.5 Å². The molecule has 0 aromatic carbocycles. The fraction of sp³-hybridized carbons (Fsp3) is 0.714. The van der Waals surface area contributed by atoms with E-state index in [1.165, 1.54) is 0 Å². The molecule has 0 aromatic heterocycles. The highest BCUT2D eigenvalue weighted by atomic mass is 16.5. The van der Waals surface area contributed by atoms with Gasteiger partial charge in [0.05, 0.1) is 19.3 Å². The summed E-state index contributed by atoms with van der Waals surface area (Å²) in [5.74, 6) is 0. The van der Waals surface area contributed by atoms with Crippen LogP contribution in [0.3, 0.4) is 0 Å². The van der Waals surface area contributed by atoms with Crippen LogP contribution in [0.15, 0.2) is 12.2 Å². The van der Waals surface area contributed by atoms with Gasteiger partial charge in [-0.05, 0) is 6.42 Å². The lowest BCUT2D eigenvalue weighted by molar-refractivity contribution is 0.0320. The van der Waals surface area contributed by atoms with Crippen LogP contribution in [-0.2, 0) is 4.74 Å². The number of aliphatic hydroxyl groups excluding tert-OH is 1. The van der Waals surface area contributed by atoms with Crippen molar-refractivity contribution in [2.75, 3.05) is 13.2 Å². The zero-order valence-corrected chi connectivity index (χ0v) is 5.86. The molecular formula is C7H13NO2. The van der Waals surface area contributed by atoms with E-state index in [-0.39, 0.29) is 6.04 Å². The normalized spacial score (nSPS) is 38.2. The summed E-state index contributed by atoms with van der Waals surface area (Å²) in [6.45, 7) is 0.940. The third kappa shape index (κ3) is 2.10. The van der Waals surface area contributed by atoms with Crippen LogP contribution in [0.1, 0.15) is 6.42 Å². The number of aliphatic hydroxyl groups is 1. The van der Waals surface area contributed by atoms with Crippen molar-refractivity contribution in [3.8, 4) is 0 Å². The van der Waals surface area contributed by atoms with Crippen molar-refractivity contribution in [2.45, 2.75) is 18.6 Å². The number of nitrogens with two attached hydrogens (primary N) is 1. The van der Waals surface area contributed by atoms with E-state index in [9.17, 15) is 5.11 Å². The molecule has 58 valence electrons. The molecule has 3 N–H and O–H groups in total. The second kappa shape index (κ2) is 3.71. The van der Waals surface area contributed by atoms with Crippen molar-refractivity contribution in [1.29, 1.82) is 0 Å². The van der Waals surface area contributed by atoms with Crippen LogP contribution in [0.4, 0.5) is 0 Å². The second-order valence-electron chi connectivity index (χ2n) is 2.48. The molecule has 1 rings (SSSR count). The van der Waals surface area contributed by atoms with E-state index in [2.05, 4.69) is 0 Å². The maximum atomic E-state index is 9.20. The highest BCUT2D eigenvalue weighted by Gasteiger charge is 2.13. The van der Waals surface area contributed by atoms with Gasteiger partial charge < -0.3 is 15.6 Å². The Bertz CT molecular complexity index is 125. The Morgan fingerprint density at radius 2 is 2.30 bits per heavy atom. The molecule has 0 bridgehead atoms. The zero-order valence-electron chi connectivity index (χ0n) is 5.86. The number of rotatable bonds is 0. The Morgan fingerprint density at radius 1 is 1.50 bits per heavy atom. The fourth-order valence-electron chi connectivity index (χ4n) is 0.859. The molecule has 10 heavy (non-hydrogen) atoms. The van der Waals surface area contributed by atoms with Crippen LogP contribution < -0.4 is 5.73 Å². The first-order valence-corrected chi connectivity index (χ1v) is 3.47. The van der Waals surface area contributed by atoms with E-state index in [1.807, 2.05) is 12.2 Å². The Labute approximate surface area is 60.5 Å². The summed E-state index contributed by atoms with van der Waals surface area (Å²) in [7, 11) is 0. The third-order valence-corrected chi connectivity index (χ3v) is 1.57. The highest BCUT2D eigenvalue weighted by Crippen LogP contribution is 2.01. The number of hydrogen-bond acceptors (Lipinski definition) is 3. The van der Waals surface area contributed by atoms with Gasteiger partial charge in [-0.1, -0.05) is 12.2 Å². The van der Waals surface area contributed by atoms with Crippen LogP contribution in [0.25, 0.3) is 0 Å². The molecule has 0 fully saturated rings. The average Bonchev–Trinajstić information content (AvgIpc) is 1.92. The minimum Gasteiger partial charge on any atom is -0.389 e. The molecule has 1 heterocycles. The van der Waals surface area contributed by atoms with Crippen molar-refractivity contribution in [1.82, 2.24) is 0 Å². The van der Waals surface area contributed by atoms with Gasteiger partial charge in [-0.15, -0.1) is 0 Å². The molecule has 1 aliphatic rings. The Kier molecular flexibility index (Phi) is 2.86. The zero-order chi connectivity index (χ0) is 7.40. The smallest absolute Gasteiger partial charge is 0.0927 e. The molecule has 3 nitrogen and oxygen atoms in total. The van der Waals surface area contributed by atoms with Crippen molar-refractivity contribution >= 4 is 0 Å². The monoisotopic (exact) mass is 143 g/mol. The van der Waals surface area contributed by atoms with Gasteiger partial charge in [-0.25, -0.2) is 0 Å². The third-order valence-electron chi connectivity index (χ3n) is 1.57. The van der Waals surface area contributed by atoms with Crippen LogP contribution >= 0.6 is 0 Å². The van der Waals surface area contributed by atoms with Crippen molar-refractivity contribution in [2.24, 2.45) is 5.73 Å². The molecule has 0 saturated carbocycles. The molecule has 2 atom stereocenters. The molecule has 0 saturated heterocycles. The minimum atomic E-state index is -0.509. The lowest BCUT2D eigenvalue weighted by Gasteiger charge is -2.18. The van der Waals surface area contributed by atoms with Gasteiger partial charge in [-0.2, -0.15) is 0 Å². The molecule has 0 amide bonds. The maximum absolute atomic E-state index is 9.20. The van der Waals surface area contributed by atoms with Gasteiger partial charge in [0.2, 0.25) is 0 Å². The lowest BCUT2D eigenvalue weighted by Crippen LogP contribution is -2.38. The van der Waals surface area contributed by atoms with Gasteiger partial charge in [0, 0.05) is 6.04 Å². The Balaban J connectivity index is 2.41. The molecule has 3 heteroatoms. The van der Waals surface area contributed by atoms with Crippen molar-refractivity contribution in [3.63, 3.8) is 0 Å². The summed E-state index contributed by atoms with van der Waals surface area (Å²) >= 11 is 0. The Hall–Kier alpha value is -0.380. The molecule has 0 spiro atoms. The first kappa shape index (κ1) is 7.72. The highest BCUT2D eigenvalue weighted by molar-refractivity contribution is 4.89. The van der Waals surface area contributed by atoms with E-state index in [4.69, 9.17) is 10.5 Å². The van der Waals surface area contributed by atoms with Gasteiger partial charge in [0.1, 0.15) is 0 Å². The summed E-state index contributed by atoms with van der Waals surface area (Å²) in [6.07, 6.45) is 4.09. The van der Waals surface area contributed by atoms with E-state index < -0.39 is 6.10 Å². The van der Waals surface area contributed by atoms with E-state index >= 15 is 0 Å². The predicted octanol–water partition coefficient (Wildman–Crippen LogP) is -0.349. The number of ether oxygens (including phenoxy) is 1. The first-order valence-electron chi connectivity index (χ1n) is 3.47. The van der Waals surface area contributed by atoms with Crippen LogP contribution in [0, 0.1) is 0 Å². The molecule has 0 aliphatic carbocycles. The maximum Gasteiger partial charge on any atom is 0.0927 e. The summed E-state index contributed by atoms with van der Waals surface area (Å²) in [5.41, 5.74) is 5.57. The number of hydrogen-bond donors (Lipinski definition) is 2. The molecule has 0 aromatic rings. The van der Waals surface area contributed by atoms with Gasteiger partial charge in [0.15, 0.2) is 0 Å². The Morgan fingerprint density at radius 3 is 3.10 bits per heavy atom. The molecule has 1 aliphatic heterocycles. The quantitative estimate of drug-likeness (QED) is 0.456. The van der Waals surface area contributed by atoms with Crippen LogP contribution in [0.5, 0.6) is 0 Å². The summed E-state index contributed by atoms with van der Waals surface area (Å²) < 4.78 is 5.04. The first-order chi connectivity index (χ1) is 4.80. The van der Waals surface area contributed by atoms with Crippen molar-refractivity contribution in [3.05, 3.63) is 12.2 Å². The van der Waals surface area contributed by atoms with E-state index in [1.54, 1.807) is 0 Å². The summed E-state index contributed by atoms with van der Waals surface area (Å²) in [6, 6.07) is -0.170. The lowest BCUT2D eigenvalue weighted by atomic mass is 10.1. The van der Waals surface area contributed by atoms with Crippen LogP contribution in [0.2, 0.25) is 0 Å². The van der Waals surface area contributed by atoms with Gasteiger partial charge in [-0.3, -0.25) is 0 Å². The van der Waals surface area contributed by atoms with Crippen LogP contribution in [-0.4, -0.2) is 30.5 Å². The second-order valence-corrected chi connectivity index (χ2v) is 2.48. The SMILES string of the molecule is NC1C/C=C\COCC1O.